The summed E-state index contributed by atoms with van der Waals surface area (Å²) in [5.41, 5.74) is 7.84. The van der Waals surface area contributed by atoms with Crippen molar-refractivity contribution in [1.29, 1.82) is 0 Å². The Hall–Kier alpha value is -2.05. The van der Waals surface area contributed by atoms with Crippen molar-refractivity contribution in [3.63, 3.8) is 0 Å². The summed E-state index contributed by atoms with van der Waals surface area (Å²) in [6.07, 6.45) is 0. The smallest absolute Gasteiger partial charge is 0.262 e. The molecule has 0 saturated carbocycles. The normalized spacial score (nSPS) is 15.0. The molecule has 0 saturated heterocycles. The molecule has 104 valence electrons. The summed E-state index contributed by atoms with van der Waals surface area (Å²) in [5, 5.41) is 4.72. The maximum Gasteiger partial charge on any atom is 0.262 e. The molecular formula is C14H14N2O3S. The molecular weight excluding hydrogens is 276 g/mol. The van der Waals surface area contributed by atoms with E-state index < -0.39 is 0 Å². The molecule has 1 amide bonds. The van der Waals surface area contributed by atoms with Crippen LogP contribution in [0.1, 0.15) is 16.5 Å². The van der Waals surface area contributed by atoms with Crippen LogP contribution >= 0.6 is 11.3 Å². The van der Waals surface area contributed by atoms with E-state index in [1.54, 1.807) is 18.4 Å². The molecule has 2 heterocycles. The highest BCUT2D eigenvalue weighted by atomic mass is 32.1. The third-order valence-corrected chi connectivity index (χ3v) is 4.14. The summed E-state index contributed by atoms with van der Waals surface area (Å²) in [6.45, 7) is 0.0527. The van der Waals surface area contributed by atoms with Crippen molar-refractivity contribution in [3.8, 4) is 11.5 Å². The van der Waals surface area contributed by atoms with Crippen molar-refractivity contribution in [2.75, 3.05) is 19.0 Å². The van der Waals surface area contributed by atoms with Crippen molar-refractivity contribution in [1.82, 2.24) is 0 Å². The van der Waals surface area contributed by atoms with Gasteiger partial charge < -0.3 is 20.5 Å². The molecule has 6 heteroatoms. The van der Waals surface area contributed by atoms with Crippen LogP contribution < -0.4 is 20.5 Å². The minimum atomic E-state index is -0.297. The number of carbonyl (C=O) groups excluding carboxylic acids is 1. The number of methoxy groups -OCH3 is 1. The van der Waals surface area contributed by atoms with E-state index in [9.17, 15) is 4.79 Å². The van der Waals surface area contributed by atoms with E-state index in [0.717, 1.165) is 16.2 Å². The fraction of sp³-hybridized carbons (Fsp3) is 0.214. The van der Waals surface area contributed by atoms with E-state index in [0.29, 0.717) is 11.4 Å². The number of nitrogens with one attached hydrogen (secondary N) is 1. The Balaban J connectivity index is 1.94. The molecule has 1 aromatic heterocycles. The first-order chi connectivity index (χ1) is 9.69. The predicted molar refractivity (Wildman–Crippen MR) is 77.5 cm³/mol. The van der Waals surface area contributed by atoms with Gasteiger partial charge in [-0.25, -0.2) is 0 Å². The lowest BCUT2D eigenvalue weighted by Crippen LogP contribution is -2.25. The van der Waals surface area contributed by atoms with Gasteiger partial charge in [0.2, 0.25) is 0 Å². The zero-order chi connectivity index (χ0) is 14.1. The standard InChI is InChI=1S/C14H14N2O3S/c1-18-11-4-5-20-14(11)13(15)8-2-3-10-9(6-8)16-12(17)7-19-10/h2-6,13H,7,15H2,1H3,(H,16,17). The topological polar surface area (TPSA) is 73.6 Å². The molecule has 1 aliphatic heterocycles. The van der Waals surface area contributed by atoms with Gasteiger partial charge in [-0.05, 0) is 29.1 Å². The lowest BCUT2D eigenvalue weighted by molar-refractivity contribution is -0.118. The second kappa shape index (κ2) is 5.15. The first-order valence-electron chi connectivity index (χ1n) is 6.12. The first kappa shape index (κ1) is 13.0. The van der Waals surface area contributed by atoms with E-state index >= 15 is 0 Å². The fourth-order valence-corrected chi connectivity index (χ4v) is 3.04. The Labute approximate surface area is 120 Å². The third-order valence-electron chi connectivity index (χ3n) is 3.16. The maximum absolute atomic E-state index is 11.4. The Morgan fingerprint density at radius 1 is 1.45 bits per heavy atom. The number of benzene rings is 1. The zero-order valence-corrected chi connectivity index (χ0v) is 11.7. The number of thiophene rings is 1. The summed E-state index contributed by atoms with van der Waals surface area (Å²) in [6, 6.07) is 7.16. The number of hydrogen-bond acceptors (Lipinski definition) is 5. The van der Waals surface area contributed by atoms with Crippen LogP contribution in [0.4, 0.5) is 5.69 Å². The van der Waals surface area contributed by atoms with Crippen LogP contribution in [0.15, 0.2) is 29.6 Å². The average Bonchev–Trinajstić information content (AvgIpc) is 2.94. The number of nitrogens with two attached hydrogens (primary N) is 1. The number of amides is 1. The summed E-state index contributed by atoms with van der Waals surface area (Å²) in [4.78, 5) is 12.3. The summed E-state index contributed by atoms with van der Waals surface area (Å²) >= 11 is 1.55. The van der Waals surface area contributed by atoms with Gasteiger partial charge in [0.25, 0.3) is 5.91 Å². The van der Waals surface area contributed by atoms with Crippen LogP contribution in [-0.4, -0.2) is 19.6 Å². The van der Waals surface area contributed by atoms with Gasteiger partial charge in [0.15, 0.2) is 6.61 Å². The lowest BCUT2D eigenvalue weighted by atomic mass is 10.0. The van der Waals surface area contributed by atoms with Gasteiger partial charge in [0, 0.05) is 0 Å². The van der Waals surface area contributed by atoms with Crippen LogP contribution in [0, 0.1) is 0 Å². The van der Waals surface area contributed by atoms with E-state index in [2.05, 4.69) is 5.32 Å². The van der Waals surface area contributed by atoms with Gasteiger partial charge in [-0.1, -0.05) is 6.07 Å². The molecule has 3 N–H and O–H groups in total. The number of carbonyl (C=O) groups is 1. The van der Waals surface area contributed by atoms with E-state index in [-0.39, 0.29) is 18.6 Å². The van der Waals surface area contributed by atoms with Crippen LogP contribution in [0.5, 0.6) is 11.5 Å². The number of ether oxygens (including phenoxy) is 2. The van der Waals surface area contributed by atoms with Crippen molar-refractivity contribution in [2.24, 2.45) is 5.73 Å². The zero-order valence-electron chi connectivity index (χ0n) is 10.9. The van der Waals surface area contributed by atoms with Crippen molar-refractivity contribution >= 4 is 22.9 Å². The highest BCUT2D eigenvalue weighted by Gasteiger charge is 2.20. The predicted octanol–water partition coefficient (Wildman–Crippen LogP) is 2.14. The minimum absolute atomic E-state index is 0.0527. The number of rotatable bonds is 3. The van der Waals surface area contributed by atoms with E-state index in [1.165, 1.54) is 0 Å². The van der Waals surface area contributed by atoms with Crippen LogP contribution in [0.25, 0.3) is 0 Å². The van der Waals surface area contributed by atoms with Gasteiger partial charge in [-0.2, -0.15) is 0 Å². The lowest BCUT2D eigenvalue weighted by Gasteiger charge is -2.20. The molecule has 1 unspecified atom stereocenters. The molecule has 5 nitrogen and oxygen atoms in total. The van der Waals surface area contributed by atoms with E-state index in [4.69, 9.17) is 15.2 Å². The number of hydrogen-bond donors (Lipinski definition) is 2. The average molecular weight is 290 g/mol. The summed E-state index contributed by atoms with van der Waals surface area (Å²) in [7, 11) is 1.62. The molecule has 3 rings (SSSR count). The van der Waals surface area contributed by atoms with Gasteiger partial charge in [-0.15, -0.1) is 11.3 Å². The van der Waals surface area contributed by atoms with Crippen molar-refractivity contribution in [3.05, 3.63) is 40.1 Å². The monoisotopic (exact) mass is 290 g/mol. The minimum Gasteiger partial charge on any atom is -0.496 e. The highest BCUT2D eigenvalue weighted by molar-refractivity contribution is 7.10. The molecule has 0 spiro atoms. The third kappa shape index (κ3) is 2.23. The Morgan fingerprint density at radius 2 is 2.30 bits per heavy atom. The van der Waals surface area contributed by atoms with Gasteiger partial charge in [-0.3, -0.25) is 4.79 Å². The van der Waals surface area contributed by atoms with Gasteiger partial charge in [0.1, 0.15) is 11.5 Å². The highest BCUT2D eigenvalue weighted by Crippen LogP contribution is 2.36. The molecule has 0 radical (unpaired) electrons. The molecule has 1 aliphatic rings. The van der Waals surface area contributed by atoms with Crippen molar-refractivity contribution < 1.29 is 14.3 Å². The molecule has 2 aromatic rings. The number of fused-ring (bicyclic) bond motifs is 1. The van der Waals surface area contributed by atoms with E-state index in [1.807, 2.05) is 29.6 Å². The second-order valence-electron chi connectivity index (χ2n) is 4.42. The maximum atomic E-state index is 11.4. The van der Waals surface area contributed by atoms with Gasteiger partial charge in [0.05, 0.1) is 23.7 Å². The molecule has 20 heavy (non-hydrogen) atoms. The molecule has 0 fully saturated rings. The molecule has 0 aliphatic carbocycles. The first-order valence-corrected chi connectivity index (χ1v) is 7.00. The SMILES string of the molecule is COc1ccsc1C(N)c1ccc2c(c1)NC(=O)CO2. The summed E-state index contributed by atoms with van der Waals surface area (Å²) in [5.74, 6) is 1.29. The molecule has 1 atom stereocenters. The largest absolute Gasteiger partial charge is 0.496 e. The van der Waals surface area contributed by atoms with Crippen LogP contribution in [0.2, 0.25) is 0 Å². The number of anilines is 1. The Bertz CT molecular complexity index is 654. The van der Waals surface area contributed by atoms with Crippen LogP contribution in [-0.2, 0) is 4.79 Å². The van der Waals surface area contributed by atoms with Crippen molar-refractivity contribution in [2.45, 2.75) is 6.04 Å². The molecule has 1 aromatic carbocycles. The fourth-order valence-electron chi connectivity index (χ4n) is 2.15. The Morgan fingerprint density at radius 3 is 3.10 bits per heavy atom. The van der Waals surface area contributed by atoms with Gasteiger partial charge >= 0.3 is 0 Å². The quantitative estimate of drug-likeness (QED) is 0.908. The Kier molecular flexibility index (Phi) is 3.33. The van der Waals surface area contributed by atoms with Crippen LogP contribution in [0.3, 0.4) is 0 Å². The second-order valence-corrected chi connectivity index (χ2v) is 5.37. The summed E-state index contributed by atoms with van der Waals surface area (Å²) < 4.78 is 10.6. The molecule has 0 bridgehead atoms.